The van der Waals surface area contributed by atoms with Crippen LogP contribution in [-0.4, -0.2) is 116 Å². The number of hydrogen-bond donors (Lipinski definition) is 0. The number of carbonyl (C=O) groups excluding carboxylic acids is 8. The summed E-state index contributed by atoms with van der Waals surface area (Å²) in [6.45, 7) is 7.47. The van der Waals surface area contributed by atoms with Crippen LogP contribution in [0, 0.1) is 0 Å². The molecule has 0 bridgehead atoms. The molecule has 64 heavy (non-hydrogen) atoms. The average molecular weight is 901 g/mol. The van der Waals surface area contributed by atoms with E-state index < -0.39 is 122 Å². The maximum atomic E-state index is 13.6. The van der Waals surface area contributed by atoms with Gasteiger partial charge in [-0.25, -0.2) is 0 Å². The lowest BCUT2D eigenvalue weighted by Crippen LogP contribution is -2.66. The van der Waals surface area contributed by atoms with E-state index in [1.807, 2.05) is 0 Å². The van der Waals surface area contributed by atoms with Crippen LogP contribution in [0.5, 0.6) is 17.2 Å². The summed E-state index contributed by atoms with van der Waals surface area (Å²) in [5.74, 6) is -7.00. The Hall–Kier alpha value is -6.91. The van der Waals surface area contributed by atoms with Gasteiger partial charge in [-0.3, -0.25) is 43.2 Å². The highest BCUT2D eigenvalue weighted by Gasteiger charge is 2.56. The molecule has 0 aliphatic carbocycles. The lowest BCUT2D eigenvalue weighted by atomic mass is 9.97. The van der Waals surface area contributed by atoms with E-state index >= 15 is 0 Å². The van der Waals surface area contributed by atoms with Gasteiger partial charge in [0.15, 0.2) is 48.3 Å². The van der Waals surface area contributed by atoms with Crippen LogP contribution in [0.15, 0.2) is 51.7 Å². The van der Waals surface area contributed by atoms with Gasteiger partial charge in [-0.15, -0.1) is 0 Å². The molecule has 0 N–H and O–H groups in total. The maximum Gasteiger partial charge on any atom is 0.308 e. The first-order chi connectivity index (χ1) is 30.2. The number of carbonyl (C=O) groups is 8. The number of hydrogen-bond acceptors (Lipinski definition) is 22. The molecule has 22 heteroatoms. The third-order valence-electron chi connectivity index (χ3n) is 8.92. The molecular formula is C42H44O22. The van der Waals surface area contributed by atoms with Crippen molar-refractivity contribution in [1.29, 1.82) is 0 Å². The molecule has 3 aromatic rings. The summed E-state index contributed by atoms with van der Waals surface area (Å²) in [5.41, 5.74) is -0.476. The number of ether oxygens (including phenoxy) is 12. The number of fused-ring (bicyclic) bond motifs is 1. The molecule has 22 nitrogen and oxygen atoms in total. The Bertz CT molecular complexity index is 2330. The molecule has 344 valence electrons. The fourth-order valence-electron chi connectivity index (χ4n) is 6.75. The summed E-state index contributed by atoms with van der Waals surface area (Å²) < 4.78 is 74.1. The Morgan fingerprint density at radius 1 is 0.578 bits per heavy atom. The molecule has 0 spiro atoms. The van der Waals surface area contributed by atoms with E-state index in [4.69, 9.17) is 61.3 Å². The van der Waals surface area contributed by atoms with Gasteiger partial charge in [0.25, 0.3) is 0 Å². The first-order valence-corrected chi connectivity index (χ1v) is 19.4. The van der Waals surface area contributed by atoms with Gasteiger partial charge in [-0.2, -0.15) is 0 Å². The first kappa shape index (κ1) is 48.1. The molecule has 3 heterocycles. The lowest BCUT2D eigenvalue weighted by molar-refractivity contribution is -0.347. The van der Waals surface area contributed by atoms with Gasteiger partial charge < -0.3 is 61.3 Å². The summed E-state index contributed by atoms with van der Waals surface area (Å²) >= 11 is 0. The Morgan fingerprint density at radius 3 is 1.73 bits per heavy atom. The SMILES string of the molecule is CC(=O)OC[C@H]1O[C@@H](Oc2cc(OC(C)=O)c3c(=O)cc(-c4ccc(OC(C)=O)cc4)oc3c2)[C@H](O[C@@H]2OC[C@@H](OC(C)=O)[C@H](OC(C)=O)[C@H]2OC(C)=O)[C@@H](OC(C)=O)[C@@H]1OC(C)=O. The van der Waals surface area contributed by atoms with E-state index in [1.54, 1.807) is 0 Å². The number of rotatable bonds is 14. The van der Waals surface area contributed by atoms with Gasteiger partial charge in [0.05, 0.1) is 6.61 Å². The molecule has 9 atom stereocenters. The minimum absolute atomic E-state index is 0.0221. The average Bonchev–Trinajstić information content (AvgIpc) is 3.17. The van der Waals surface area contributed by atoms with Crippen molar-refractivity contribution in [1.82, 2.24) is 0 Å². The Labute approximate surface area is 363 Å². The molecule has 0 saturated carbocycles. The molecule has 2 aliphatic rings. The van der Waals surface area contributed by atoms with E-state index in [1.165, 1.54) is 37.3 Å². The van der Waals surface area contributed by atoms with Crippen molar-refractivity contribution in [3.05, 3.63) is 52.7 Å². The van der Waals surface area contributed by atoms with Crippen molar-refractivity contribution >= 4 is 58.7 Å². The molecule has 1 aromatic heterocycles. The normalized spacial score (nSPS) is 24.0. The minimum Gasteiger partial charge on any atom is -0.463 e. The van der Waals surface area contributed by atoms with Gasteiger partial charge in [-0.1, -0.05) is 0 Å². The van der Waals surface area contributed by atoms with E-state index in [2.05, 4.69) is 0 Å². The zero-order valence-corrected chi connectivity index (χ0v) is 35.6. The largest absolute Gasteiger partial charge is 0.463 e. The number of benzene rings is 2. The van der Waals surface area contributed by atoms with Crippen molar-refractivity contribution in [2.45, 2.75) is 111 Å². The smallest absolute Gasteiger partial charge is 0.308 e. The lowest BCUT2D eigenvalue weighted by Gasteiger charge is -2.47. The van der Waals surface area contributed by atoms with Gasteiger partial charge in [0, 0.05) is 79.2 Å². The van der Waals surface area contributed by atoms with Crippen molar-refractivity contribution in [3.8, 4) is 28.6 Å². The Kier molecular flexibility index (Phi) is 15.8. The highest BCUT2D eigenvalue weighted by Crippen LogP contribution is 2.37. The van der Waals surface area contributed by atoms with Crippen molar-refractivity contribution < 1.29 is 99.6 Å². The maximum absolute atomic E-state index is 13.6. The molecule has 0 radical (unpaired) electrons. The van der Waals surface area contributed by atoms with Crippen LogP contribution in [0.3, 0.4) is 0 Å². The molecule has 5 rings (SSSR count). The van der Waals surface area contributed by atoms with E-state index in [9.17, 15) is 43.2 Å². The molecule has 2 aromatic carbocycles. The van der Waals surface area contributed by atoms with Crippen molar-refractivity contribution in [2.75, 3.05) is 13.2 Å². The van der Waals surface area contributed by atoms with Crippen LogP contribution in [0.4, 0.5) is 0 Å². The summed E-state index contributed by atoms with van der Waals surface area (Å²) in [7, 11) is 0. The molecule has 2 aliphatic heterocycles. The predicted octanol–water partition coefficient (Wildman–Crippen LogP) is 2.38. The summed E-state index contributed by atoms with van der Waals surface area (Å²) in [6.07, 6.45) is -14.8. The van der Waals surface area contributed by atoms with Crippen molar-refractivity contribution in [3.63, 3.8) is 0 Å². The van der Waals surface area contributed by atoms with Gasteiger partial charge >= 0.3 is 47.8 Å². The quantitative estimate of drug-likeness (QED) is 0.128. The van der Waals surface area contributed by atoms with E-state index in [-0.39, 0.29) is 34.0 Å². The highest BCUT2D eigenvalue weighted by atomic mass is 16.8. The van der Waals surface area contributed by atoms with Crippen LogP contribution in [0.25, 0.3) is 22.3 Å². The summed E-state index contributed by atoms with van der Waals surface area (Å²) in [5, 5.41) is -0.195. The second-order valence-corrected chi connectivity index (χ2v) is 14.2. The summed E-state index contributed by atoms with van der Waals surface area (Å²) in [4.78, 5) is 112. The standard InChI is InChI=1S/C42H44O22/c1-18(43)52-16-34-36(57-22(5)47)38(59-24(7)49)40(64-41-39(60-25(8)50)37(58-23(6)48)33(17-53-41)56-21(4)46)42(63-34)61-28-13-31(55-20(3)45)35-29(51)15-30(62-32(35)14-28)26-9-11-27(12-10-26)54-19(2)44/h9-15,33-34,36-42H,16-17H2,1-8H3/t33-,34-,36-,37+,38+,39-,40-,41+,42-/m1/s1. The fourth-order valence-corrected chi connectivity index (χ4v) is 6.75. The number of esters is 8. The predicted molar refractivity (Wildman–Crippen MR) is 209 cm³/mol. The van der Waals surface area contributed by atoms with Crippen molar-refractivity contribution in [2.24, 2.45) is 0 Å². The molecule has 0 unspecified atom stereocenters. The van der Waals surface area contributed by atoms with Crippen LogP contribution in [0.2, 0.25) is 0 Å². The van der Waals surface area contributed by atoms with Crippen LogP contribution < -0.4 is 19.6 Å². The fraction of sp³-hybridized carbons (Fsp3) is 0.452. The Morgan fingerprint density at radius 2 is 1.16 bits per heavy atom. The molecule has 2 fully saturated rings. The van der Waals surface area contributed by atoms with Crippen LogP contribution in [-0.2, 0) is 81.0 Å². The third kappa shape index (κ3) is 12.6. The topological polar surface area (TPSA) is 278 Å². The van der Waals surface area contributed by atoms with Gasteiger partial charge in [0.1, 0.15) is 46.7 Å². The zero-order valence-electron chi connectivity index (χ0n) is 35.6. The summed E-state index contributed by atoms with van der Waals surface area (Å²) in [6, 6.07) is 9.46. The van der Waals surface area contributed by atoms with Crippen LogP contribution >= 0.6 is 0 Å². The molecule has 2 saturated heterocycles. The monoisotopic (exact) mass is 900 g/mol. The van der Waals surface area contributed by atoms with Gasteiger partial charge in [-0.05, 0) is 24.3 Å². The molecule has 0 amide bonds. The van der Waals surface area contributed by atoms with E-state index in [0.29, 0.717) is 5.56 Å². The Balaban J connectivity index is 1.66. The molecular weight excluding hydrogens is 856 g/mol. The second-order valence-electron chi connectivity index (χ2n) is 14.2. The van der Waals surface area contributed by atoms with Gasteiger partial charge in [0.2, 0.25) is 6.29 Å². The second kappa shape index (κ2) is 21.0. The van der Waals surface area contributed by atoms with Crippen LogP contribution in [0.1, 0.15) is 55.4 Å². The third-order valence-corrected chi connectivity index (χ3v) is 8.92. The van der Waals surface area contributed by atoms with E-state index in [0.717, 1.165) is 60.6 Å². The minimum atomic E-state index is -1.84. The highest BCUT2D eigenvalue weighted by molar-refractivity contribution is 5.88. The zero-order chi connectivity index (χ0) is 47.0. The first-order valence-electron chi connectivity index (χ1n) is 19.4.